The quantitative estimate of drug-likeness (QED) is 0.400. The van der Waals surface area contributed by atoms with Crippen molar-refractivity contribution in [3.63, 3.8) is 0 Å². The van der Waals surface area contributed by atoms with Gasteiger partial charge in [-0.3, -0.25) is 20.4 Å². The lowest BCUT2D eigenvalue weighted by Crippen LogP contribution is -2.42. The third kappa shape index (κ3) is 6.25. The molecule has 120 valence electrons. The normalized spacial score (nSPS) is 9.73. The number of rotatable bonds is 7. The number of carbonyl (C=O) groups is 3. The molecular weight excluding hydrogens is 286 g/mol. The number of nitrogens with one attached hydrogen (secondary N) is 3. The maximum Gasteiger partial charge on any atom is 0.340 e. The summed E-state index contributed by atoms with van der Waals surface area (Å²) in [6.45, 7) is 3.62. The van der Waals surface area contributed by atoms with Crippen molar-refractivity contribution in [2.75, 3.05) is 18.5 Å². The minimum Gasteiger partial charge on any atom is -0.452 e. The zero-order valence-corrected chi connectivity index (χ0v) is 12.8. The summed E-state index contributed by atoms with van der Waals surface area (Å²) in [6.07, 6.45) is 2.03. The van der Waals surface area contributed by atoms with Crippen molar-refractivity contribution in [1.29, 1.82) is 0 Å². The van der Waals surface area contributed by atoms with Gasteiger partial charge in [-0.15, -0.1) is 0 Å². The molecule has 0 saturated heterocycles. The fraction of sp³-hybridized carbons (Fsp3) is 0.400. The second-order valence-corrected chi connectivity index (χ2v) is 4.63. The largest absolute Gasteiger partial charge is 0.452 e. The molecule has 7 nitrogen and oxygen atoms in total. The first-order valence-electron chi connectivity index (χ1n) is 7.10. The van der Waals surface area contributed by atoms with Crippen LogP contribution in [0.5, 0.6) is 0 Å². The first kappa shape index (κ1) is 17.5. The molecule has 0 atom stereocenters. The highest BCUT2D eigenvalue weighted by Gasteiger charge is 2.14. The number of ether oxygens (including phenoxy) is 1. The van der Waals surface area contributed by atoms with E-state index in [9.17, 15) is 14.4 Å². The Morgan fingerprint density at radius 2 is 1.86 bits per heavy atom. The standard InChI is InChI=1S/C15H21N3O4/c1-3-4-9-16-13-8-6-5-7-12(13)15(21)22-10-14(20)18-17-11(2)19/h5-8,16H,3-4,9-10H2,1-2H3,(H,17,19)(H,18,20). The van der Waals surface area contributed by atoms with Crippen LogP contribution in [0.4, 0.5) is 5.69 Å². The van der Waals surface area contributed by atoms with Crippen LogP contribution < -0.4 is 16.2 Å². The Kier molecular flexibility index (Phi) is 7.45. The highest BCUT2D eigenvalue weighted by Crippen LogP contribution is 2.16. The summed E-state index contributed by atoms with van der Waals surface area (Å²) < 4.78 is 4.93. The highest BCUT2D eigenvalue weighted by molar-refractivity contribution is 5.96. The molecule has 0 aliphatic carbocycles. The number of hydrogen-bond donors (Lipinski definition) is 3. The zero-order chi connectivity index (χ0) is 16.4. The predicted molar refractivity (Wildman–Crippen MR) is 82.1 cm³/mol. The Morgan fingerprint density at radius 3 is 2.55 bits per heavy atom. The van der Waals surface area contributed by atoms with Crippen molar-refractivity contribution in [1.82, 2.24) is 10.9 Å². The lowest BCUT2D eigenvalue weighted by Gasteiger charge is -2.11. The summed E-state index contributed by atoms with van der Waals surface area (Å²) in [5.74, 6) is -1.62. The highest BCUT2D eigenvalue weighted by atomic mass is 16.5. The van der Waals surface area contributed by atoms with Crippen molar-refractivity contribution in [2.45, 2.75) is 26.7 Å². The average Bonchev–Trinajstić information content (AvgIpc) is 2.51. The lowest BCUT2D eigenvalue weighted by molar-refractivity contribution is -0.129. The van der Waals surface area contributed by atoms with Crippen LogP contribution in [-0.2, 0) is 14.3 Å². The van der Waals surface area contributed by atoms with Crippen LogP contribution in [0.3, 0.4) is 0 Å². The van der Waals surface area contributed by atoms with Crippen LogP contribution in [0.25, 0.3) is 0 Å². The van der Waals surface area contributed by atoms with Crippen LogP contribution in [0, 0.1) is 0 Å². The van der Waals surface area contributed by atoms with Crippen LogP contribution in [0.1, 0.15) is 37.0 Å². The summed E-state index contributed by atoms with van der Waals surface area (Å²) in [5, 5.41) is 3.16. The maximum absolute atomic E-state index is 12.0. The van der Waals surface area contributed by atoms with Gasteiger partial charge in [-0.25, -0.2) is 4.79 Å². The van der Waals surface area contributed by atoms with E-state index in [4.69, 9.17) is 4.74 Å². The van der Waals surface area contributed by atoms with Crippen molar-refractivity contribution < 1.29 is 19.1 Å². The van der Waals surface area contributed by atoms with Gasteiger partial charge in [0.2, 0.25) is 5.91 Å². The molecule has 0 spiro atoms. The minimum absolute atomic E-state index is 0.367. The molecule has 2 amide bonds. The second-order valence-electron chi connectivity index (χ2n) is 4.63. The number of amides is 2. The number of unbranched alkanes of at least 4 members (excludes halogenated alkanes) is 1. The fourth-order valence-corrected chi connectivity index (χ4v) is 1.62. The number of benzene rings is 1. The summed E-state index contributed by atoms with van der Waals surface area (Å²) >= 11 is 0. The van der Waals surface area contributed by atoms with Gasteiger partial charge in [0, 0.05) is 19.2 Å². The van der Waals surface area contributed by atoms with Gasteiger partial charge in [-0.1, -0.05) is 25.5 Å². The van der Waals surface area contributed by atoms with Crippen molar-refractivity contribution in [2.24, 2.45) is 0 Å². The third-order valence-corrected chi connectivity index (χ3v) is 2.71. The topological polar surface area (TPSA) is 96.5 Å². The molecular formula is C15H21N3O4. The Bertz CT molecular complexity index is 531. The predicted octanol–water partition coefficient (Wildman–Crippen LogP) is 1.22. The van der Waals surface area contributed by atoms with E-state index in [0.717, 1.165) is 19.4 Å². The van der Waals surface area contributed by atoms with Gasteiger partial charge in [0.15, 0.2) is 6.61 Å². The Balaban J connectivity index is 2.54. The lowest BCUT2D eigenvalue weighted by atomic mass is 10.1. The van der Waals surface area contributed by atoms with Gasteiger partial charge in [0.05, 0.1) is 5.56 Å². The Morgan fingerprint density at radius 1 is 1.14 bits per heavy atom. The van der Waals surface area contributed by atoms with Crippen molar-refractivity contribution in [3.05, 3.63) is 29.8 Å². The van der Waals surface area contributed by atoms with Crippen LogP contribution in [-0.4, -0.2) is 30.9 Å². The summed E-state index contributed by atoms with van der Waals surface area (Å²) in [5.41, 5.74) is 5.26. The van der Waals surface area contributed by atoms with E-state index < -0.39 is 24.4 Å². The number of anilines is 1. The van der Waals surface area contributed by atoms with Crippen molar-refractivity contribution in [3.8, 4) is 0 Å². The molecule has 0 heterocycles. The number of para-hydroxylation sites is 1. The minimum atomic E-state index is -0.611. The molecule has 1 aromatic rings. The number of esters is 1. The third-order valence-electron chi connectivity index (χ3n) is 2.71. The Labute approximate surface area is 129 Å². The van der Waals surface area contributed by atoms with E-state index in [1.807, 2.05) is 6.07 Å². The van der Waals surface area contributed by atoms with E-state index in [1.165, 1.54) is 6.92 Å². The molecule has 0 aliphatic heterocycles. The number of hydrogen-bond acceptors (Lipinski definition) is 5. The van der Waals surface area contributed by atoms with Crippen LogP contribution >= 0.6 is 0 Å². The van der Waals surface area contributed by atoms with E-state index in [2.05, 4.69) is 23.1 Å². The van der Waals surface area contributed by atoms with Gasteiger partial charge in [0.1, 0.15) is 0 Å². The van der Waals surface area contributed by atoms with E-state index in [0.29, 0.717) is 11.3 Å². The molecule has 0 aromatic heterocycles. The molecule has 0 unspecified atom stereocenters. The number of carbonyl (C=O) groups excluding carboxylic acids is 3. The molecule has 0 bridgehead atoms. The summed E-state index contributed by atoms with van der Waals surface area (Å²) in [6, 6.07) is 6.94. The van der Waals surface area contributed by atoms with Crippen molar-refractivity contribution >= 4 is 23.5 Å². The van der Waals surface area contributed by atoms with Gasteiger partial charge >= 0.3 is 5.97 Å². The Hall–Kier alpha value is -2.57. The second kappa shape index (κ2) is 9.38. The summed E-state index contributed by atoms with van der Waals surface area (Å²) in [7, 11) is 0. The van der Waals surface area contributed by atoms with E-state index >= 15 is 0 Å². The monoisotopic (exact) mass is 307 g/mol. The fourth-order valence-electron chi connectivity index (χ4n) is 1.62. The van der Waals surface area contributed by atoms with Gasteiger partial charge in [0.25, 0.3) is 5.91 Å². The zero-order valence-electron chi connectivity index (χ0n) is 12.8. The smallest absolute Gasteiger partial charge is 0.340 e. The van der Waals surface area contributed by atoms with Gasteiger partial charge < -0.3 is 10.1 Å². The average molecular weight is 307 g/mol. The molecule has 7 heteroatoms. The molecule has 0 fully saturated rings. The van der Waals surface area contributed by atoms with E-state index in [1.54, 1.807) is 18.2 Å². The maximum atomic E-state index is 12.0. The molecule has 0 saturated carbocycles. The molecule has 3 N–H and O–H groups in total. The molecule has 0 radical (unpaired) electrons. The van der Waals surface area contributed by atoms with E-state index in [-0.39, 0.29) is 0 Å². The SMILES string of the molecule is CCCCNc1ccccc1C(=O)OCC(=O)NNC(C)=O. The molecule has 22 heavy (non-hydrogen) atoms. The first-order chi connectivity index (χ1) is 10.5. The molecule has 0 aliphatic rings. The first-order valence-corrected chi connectivity index (χ1v) is 7.10. The van der Waals surface area contributed by atoms with Gasteiger partial charge in [-0.05, 0) is 18.6 Å². The summed E-state index contributed by atoms with van der Waals surface area (Å²) in [4.78, 5) is 34.0. The van der Waals surface area contributed by atoms with Crippen LogP contribution in [0.15, 0.2) is 24.3 Å². The molecule has 1 aromatic carbocycles. The van der Waals surface area contributed by atoms with Gasteiger partial charge in [-0.2, -0.15) is 0 Å². The number of hydrazine groups is 1. The molecule has 1 rings (SSSR count). The van der Waals surface area contributed by atoms with Crippen LogP contribution in [0.2, 0.25) is 0 Å².